The fourth-order valence-electron chi connectivity index (χ4n) is 1.63. The summed E-state index contributed by atoms with van der Waals surface area (Å²) in [5, 5.41) is 0. The van der Waals surface area contributed by atoms with E-state index in [9.17, 15) is 13.2 Å². The van der Waals surface area contributed by atoms with Crippen LogP contribution in [-0.4, -0.2) is 29.4 Å². The Morgan fingerprint density at radius 3 is 2.79 bits per heavy atom. The maximum atomic E-state index is 11.9. The molecule has 2 rings (SSSR count). The highest BCUT2D eigenvalue weighted by atomic mass is 79.9. The lowest BCUT2D eigenvalue weighted by molar-refractivity contribution is -0.173. The van der Waals surface area contributed by atoms with Gasteiger partial charge in [-0.05, 0) is 12.1 Å². The average molecular weight is 338 g/mol. The Balaban J connectivity index is 2.00. The predicted molar refractivity (Wildman–Crippen MR) is 68.8 cm³/mol. The van der Waals surface area contributed by atoms with E-state index in [1.54, 1.807) is 12.1 Å². The monoisotopic (exact) mass is 337 g/mol. The summed E-state index contributed by atoms with van der Waals surface area (Å²) in [6, 6.07) is 3.52. The molecule has 1 aromatic carbocycles. The van der Waals surface area contributed by atoms with Gasteiger partial charge in [0.05, 0.1) is 17.8 Å². The first-order chi connectivity index (χ1) is 8.85. The van der Waals surface area contributed by atoms with E-state index in [1.165, 1.54) is 0 Å². The highest BCUT2D eigenvalue weighted by Gasteiger charge is 2.27. The maximum Gasteiger partial charge on any atom is 0.411 e. The summed E-state index contributed by atoms with van der Waals surface area (Å²) >= 11 is 3.30. The lowest BCUT2D eigenvalue weighted by atomic mass is 10.3. The highest BCUT2D eigenvalue weighted by Crippen LogP contribution is 2.24. The third kappa shape index (κ3) is 3.84. The molecule has 0 amide bonds. The summed E-state index contributed by atoms with van der Waals surface area (Å²) < 4.78 is 41.0. The van der Waals surface area contributed by atoms with Crippen LogP contribution in [0.2, 0.25) is 0 Å². The molecule has 4 nitrogen and oxygen atoms in total. The van der Waals surface area contributed by atoms with Gasteiger partial charge in [0, 0.05) is 10.9 Å². The minimum absolute atomic E-state index is 0.0552. The van der Waals surface area contributed by atoms with Crippen LogP contribution >= 0.6 is 15.9 Å². The van der Waals surface area contributed by atoms with Gasteiger partial charge in [0.1, 0.15) is 17.9 Å². The van der Waals surface area contributed by atoms with Crippen LogP contribution in [0.4, 0.5) is 18.9 Å². The highest BCUT2D eigenvalue weighted by molar-refractivity contribution is 9.10. The molecule has 0 unspecified atom stereocenters. The minimum Gasteiger partial charge on any atom is -0.397 e. The maximum absolute atomic E-state index is 11.9. The Labute approximate surface area is 115 Å². The van der Waals surface area contributed by atoms with E-state index >= 15 is 0 Å². The quantitative estimate of drug-likeness (QED) is 0.665. The number of imidazole rings is 1. The standard InChI is InChI=1S/C11H11BrF3N3O/c12-6-3-7(16)10-8(4-6)17-9(18-10)1-2-19-5-11(13,14)15/h3-4H,1-2,5,16H2,(H,17,18). The molecule has 0 saturated carbocycles. The van der Waals surface area contributed by atoms with E-state index < -0.39 is 12.8 Å². The number of halogens is 4. The van der Waals surface area contributed by atoms with Crippen LogP contribution < -0.4 is 5.73 Å². The second kappa shape index (κ2) is 5.38. The van der Waals surface area contributed by atoms with Crippen molar-refractivity contribution < 1.29 is 17.9 Å². The van der Waals surface area contributed by atoms with Crippen LogP contribution in [0.25, 0.3) is 11.0 Å². The van der Waals surface area contributed by atoms with E-state index in [4.69, 9.17) is 5.73 Å². The average Bonchev–Trinajstić information content (AvgIpc) is 2.66. The summed E-state index contributed by atoms with van der Waals surface area (Å²) in [5.74, 6) is 0.543. The zero-order chi connectivity index (χ0) is 14.0. The number of hydrogen-bond acceptors (Lipinski definition) is 3. The van der Waals surface area contributed by atoms with Crippen LogP contribution in [0.1, 0.15) is 5.82 Å². The summed E-state index contributed by atoms with van der Waals surface area (Å²) in [4.78, 5) is 7.22. The molecular formula is C11H11BrF3N3O. The molecule has 0 radical (unpaired) electrons. The van der Waals surface area contributed by atoms with E-state index in [0.29, 0.717) is 17.0 Å². The van der Waals surface area contributed by atoms with Crippen molar-refractivity contribution in [3.63, 3.8) is 0 Å². The number of nitrogens with zero attached hydrogens (tertiary/aromatic N) is 1. The fraction of sp³-hybridized carbons (Fsp3) is 0.364. The predicted octanol–water partition coefficient (Wildman–Crippen LogP) is 3.03. The molecular weight excluding hydrogens is 327 g/mol. The first kappa shape index (κ1) is 14.1. The Morgan fingerprint density at radius 1 is 1.37 bits per heavy atom. The molecule has 0 spiro atoms. The van der Waals surface area contributed by atoms with Gasteiger partial charge in [0.15, 0.2) is 0 Å². The second-order valence-corrected chi connectivity index (χ2v) is 4.91. The third-order valence-corrected chi connectivity index (χ3v) is 2.84. The van der Waals surface area contributed by atoms with E-state index in [2.05, 4.69) is 30.6 Å². The summed E-state index contributed by atoms with van der Waals surface area (Å²) in [6.07, 6.45) is -4.04. The van der Waals surface area contributed by atoms with Crippen molar-refractivity contribution in [2.24, 2.45) is 0 Å². The van der Waals surface area contributed by atoms with Gasteiger partial charge in [-0.2, -0.15) is 13.2 Å². The van der Waals surface area contributed by atoms with E-state index in [1.807, 2.05) is 0 Å². The largest absolute Gasteiger partial charge is 0.411 e. The smallest absolute Gasteiger partial charge is 0.397 e. The molecule has 0 aliphatic rings. The van der Waals surface area contributed by atoms with E-state index in [-0.39, 0.29) is 13.0 Å². The Hall–Kier alpha value is -1.28. The summed E-state index contributed by atoms with van der Waals surface area (Å²) in [5.41, 5.74) is 7.63. The number of aromatic nitrogens is 2. The lowest BCUT2D eigenvalue weighted by Gasteiger charge is -2.06. The van der Waals surface area contributed by atoms with Crippen LogP contribution in [-0.2, 0) is 11.2 Å². The second-order valence-electron chi connectivity index (χ2n) is 3.99. The van der Waals surface area contributed by atoms with Crippen LogP contribution in [0.3, 0.4) is 0 Å². The van der Waals surface area contributed by atoms with Crippen molar-refractivity contribution in [3.05, 3.63) is 22.4 Å². The molecule has 0 atom stereocenters. The van der Waals surface area contributed by atoms with Gasteiger partial charge in [-0.15, -0.1) is 0 Å². The van der Waals surface area contributed by atoms with Crippen molar-refractivity contribution in [2.75, 3.05) is 18.9 Å². The number of nitrogens with two attached hydrogens (primary N) is 1. The van der Waals surface area contributed by atoms with Gasteiger partial charge in [0.25, 0.3) is 0 Å². The van der Waals surface area contributed by atoms with Gasteiger partial charge in [0.2, 0.25) is 0 Å². The molecule has 8 heteroatoms. The zero-order valence-electron chi connectivity index (χ0n) is 9.72. The third-order valence-electron chi connectivity index (χ3n) is 2.38. The first-order valence-electron chi connectivity index (χ1n) is 5.43. The summed E-state index contributed by atoms with van der Waals surface area (Å²) in [6.45, 7) is -1.30. The molecule has 0 saturated heterocycles. The zero-order valence-corrected chi connectivity index (χ0v) is 11.3. The SMILES string of the molecule is Nc1cc(Br)cc2[nH]c(CCOCC(F)(F)F)nc12. The number of anilines is 1. The number of ether oxygens (including phenoxy) is 1. The number of hydrogen-bond donors (Lipinski definition) is 2. The summed E-state index contributed by atoms with van der Waals surface area (Å²) in [7, 11) is 0. The van der Waals surface area contributed by atoms with Crippen molar-refractivity contribution in [2.45, 2.75) is 12.6 Å². The Morgan fingerprint density at radius 2 is 2.11 bits per heavy atom. The number of H-pyrrole nitrogens is 1. The number of rotatable bonds is 4. The minimum atomic E-state index is -4.30. The number of aromatic amines is 1. The molecule has 1 heterocycles. The van der Waals surface area contributed by atoms with Crippen LogP contribution in [0, 0.1) is 0 Å². The molecule has 104 valence electrons. The molecule has 1 aromatic heterocycles. The molecule has 2 aromatic rings. The molecule has 0 aliphatic carbocycles. The normalized spacial score (nSPS) is 12.2. The van der Waals surface area contributed by atoms with Gasteiger partial charge < -0.3 is 15.5 Å². The van der Waals surface area contributed by atoms with E-state index in [0.717, 1.165) is 9.99 Å². The first-order valence-corrected chi connectivity index (χ1v) is 6.22. The Kier molecular flexibility index (Phi) is 4.00. The van der Waals surface area contributed by atoms with Gasteiger partial charge in [-0.25, -0.2) is 4.98 Å². The number of nitrogens with one attached hydrogen (secondary N) is 1. The van der Waals surface area contributed by atoms with Crippen molar-refractivity contribution in [1.82, 2.24) is 9.97 Å². The molecule has 0 aliphatic heterocycles. The molecule has 3 N–H and O–H groups in total. The number of nitrogen functional groups attached to an aromatic ring is 1. The van der Waals surface area contributed by atoms with Crippen LogP contribution in [0.15, 0.2) is 16.6 Å². The van der Waals surface area contributed by atoms with Gasteiger partial charge >= 0.3 is 6.18 Å². The number of fused-ring (bicyclic) bond motifs is 1. The number of alkyl halides is 3. The van der Waals surface area contributed by atoms with Crippen molar-refractivity contribution in [3.8, 4) is 0 Å². The molecule has 0 fully saturated rings. The lowest BCUT2D eigenvalue weighted by Crippen LogP contribution is -2.18. The van der Waals surface area contributed by atoms with Gasteiger partial charge in [-0.3, -0.25) is 0 Å². The van der Waals surface area contributed by atoms with Crippen molar-refractivity contribution in [1.29, 1.82) is 0 Å². The fourth-order valence-corrected chi connectivity index (χ4v) is 2.11. The molecule has 0 bridgehead atoms. The Bertz CT molecular complexity index is 582. The van der Waals surface area contributed by atoms with Crippen molar-refractivity contribution >= 4 is 32.7 Å². The molecule has 19 heavy (non-hydrogen) atoms. The van der Waals surface area contributed by atoms with Gasteiger partial charge in [-0.1, -0.05) is 15.9 Å². The number of benzene rings is 1. The topological polar surface area (TPSA) is 63.9 Å². The van der Waals surface area contributed by atoms with Crippen LogP contribution in [0.5, 0.6) is 0 Å².